The van der Waals surface area contributed by atoms with Crippen LogP contribution in [0.15, 0.2) is 0 Å². The lowest BCUT2D eigenvalue weighted by atomic mass is 10.0. The van der Waals surface area contributed by atoms with Gasteiger partial charge in [-0.15, -0.1) is 0 Å². The van der Waals surface area contributed by atoms with Gasteiger partial charge in [0, 0.05) is 6.54 Å². The van der Waals surface area contributed by atoms with Crippen LogP contribution in [0.25, 0.3) is 0 Å². The number of aliphatic hydroxyl groups excluding tert-OH is 1. The van der Waals surface area contributed by atoms with E-state index in [2.05, 4.69) is 6.92 Å². The third-order valence-electron chi connectivity index (χ3n) is 5.41. The largest absolute Gasteiger partial charge is 0.392 e. The monoisotopic (exact) mass is 355 g/mol. The first-order chi connectivity index (χ1) is 12.3. The molecule has 0 aliphatic heterocycles. The van der Waals surface area contributed by atoms with Gasteiger partial charge in [0.05, 0.1) is 6.10 Å². The van der Waals surface area contributed by atoms with Crippen molar-refractivity contribution in [3.63, 3.8) is 0 Å². The Labute approximate surface area is 159 Å². The van der Waals surface area contributed by atoms with Crippen molar-refractivity contribution in [2.24, 2.45) is 5.73 Å². The highest BCUT2D eigenvalue weighted by Crippen LogP contribution is 2.14. The smallest absolute Gasteiger partial charge is 0.0662 e. The topological polar surface area (TPSA) is 46.2 Å². The van der Waals surface area contributed by atoms with Gasteiger partial charge in [0.15, 0.2) is 0 Å². The van der Waals surface area contributed by atoms with Crippen LogP contribution in [0.4, 0.5) is 0 Å². The molecule has 0 amide bonds. The zero-order valence-corrected chi connectivity index (χ0v) is 17.5. The van der Waals surface area contributed by atoms with Crippen molar-refractivity contribution in [2.75, 3.05) is 6.54 Å². The van der Waals surface area contributed by atoms with Crippen molar-refractivity contribution >= 4 is 0 Å². The van der Waals surface area contributed by atoms with Gasteiger partial charge in [0.2, 0.25) is 0 Å². The van der Waals surface area contributed by atoms with E-state index in [-0.39, 0.29) is 6.10 Å². The van der Waals surface area contributed by atoms with Crippen LogP contribution in [0.5, 0.6) is 0 Å². The van der Waals surface area contributed by atoms with E-state index in [1.807, 2.05) is 0 Å². The molecule has 0 aliphatic carbocycles. The SMILES string of the molecule is CCCCCCCCCCCCCCCCCCCCCC(O)CN. The van der Waals surface area contributed by atoms with Gasteiger partial charge in [0.1, 0.15) is 0 Å². The molecular weight excluding hydrogens is 306 g/mol. The maximum atomic E-state index is 9.38. The number of hydrogen-bond donors (Lipinski definition) is 2. The first-order valence-corrected chi connectivity index (χ1v) is 11.7. The van der Waals surface area contributed by atoms with Crippen molar-refractivity contribution in [2.45, 2.75) is 141 Å². The van der Waals surface area contributed by atoms with E-state index in [0.29, 0.717) is 6.54 Å². The molecule has 3 N–H and O–H groups in total. The summed E-state index contributed by atoms with van der Waals surface area (Å²) in [5, 5.41) is 9.38. The van der Waals surface area contributed by atoms with Crippen LogP contribution in [0.1, 0.15) is 135 Å². The Bertz CT molecular complexity index is 232. The van der Waals surface area contributed by atoms with E-state index >= 15 is 0 Å². The summed E-state index contributed by atoms with van der Waals surface area (Å²) in [5.74, 6) is 0. The average molecular weight is 356 g/mol. The second-order valence-electron chi connectivity index (χ2n) is 8.04. The Morgan fingerprint density at radius 3 is 1.08 bits per heavy atom. The van der Waals surface area contributed by atoms with Gasteiger partial charge in [-0.05, 0) is 6.42 Å². The fourth-order valence-electron chi connectivity index (χ4n) is 3.58. The maximum Gasteiger partial charge on any atom is 0.0662 e. The summed E-state index contributed by atoms with van der Waals surface area (Å²) in [7, 11) is 0. The Morgan fingerprint density at radius 1 is 0.520 bits per heavy atom. The van der Waals surface area contributed by atoms with Gasteiger partial charge in [-0.25, -0.2) is 0 Å². The van der Waals surface area contributed by atoms with E-state index < -0.39 is 0 Å². The average Bonchev–Trinajstić information content (AvgIpc) is 2.63. The first-order valence-electron chi connectivity index (χ1n) is 11.7. The molecule has 1 unspecified atom stereocenters. The van der Waals surface area contributed by atoms with E-state index in [9.17, 15) is 5.11 Å². The van der Waals surface area contributed by atoms with Crippen LogP contribution in [0.2, 0.25) is 0 Å². The molecule has 152 valence electrons. The highest BCUT2D eigenvalue weighted by atomic mass is 16.3. The Morgan fingerprint density at radius 2 is 0.800 bits per heavy atom. The quantitative estimate of drug-likeness (QED) is 0.215. The molecular formula is C23H49NO. The maximum absolute atomic E-state index is 9.38. The van der Waals surface area contributed by atoms with Gasteiger partial charge in [-0.1, -0.05) is 129 Å². The number of hydrogen-bond acceptors (Lipinski definition) is 2. The summed E-state index contributed by atoms with van der Waals surface area (Å²) in [6.07, 6.45) is 27.3. The Hall–Kier alpha value is -0.0800. The minimum Gasteiger partial charge on any atom is -0.392 e. The Kier molecular flexibility index (Phi) is 21.9. The van der Waals surface area contributed by atoms with E-state index in [1.165, 1.54) is 116 Å². The van der Waals surface area contributed by atoms with Gasteiger partial charge in [0.25, 0.3) is 0 Å². The van der Waals surface area contributed by atoms with E-state index in [4.69, 9.17) is 5.73 Å². The summed E-state index contributed by atoms with van der Waals surface area (Å²) < 4.78 is 0. The van der Waals surface area contributed by atoms with E-state index in [0.717, 1.165) is 12.8 Å². The molecule has 1 atom stereocenters. The molecule has 0 radical (unpaired) electrons. The van der Waals surface area contributed by atoms with Crippen molar-refractivity contribution < 1.29 is 5.11 Å². The molecule has 0 fully saturated rings. The molecule has 0 heterocycles. The van der Waals surface area contributed by atoms with Crippen molar-refractivity contribution in [1.82, 2.24) is 0 Å². The van der Waals surface area contributed by atoms with E-state index in [1.54, 1.807) is 0 Å². The molecule has 2 nitrogen and oxygen atoms in total. The second kappa shape index (κ2) is 22.0. The lowest BCUT2D eigenvalue weighted by Crippen LogP contribution is -2.19. The molecule has 0 aromatic carbocycles. The van der Waals surface area contributed by atoms with Gasteiger partial charge < -0.3 is 10.8 Å². The third-order valence-corrected chi connectivity index (χ3v) is 5.41. The molecule has 0 rings (SSSR count). The molecule has 0 saturated heterocycles. The zero-order chi connectivity index (χ0) is 18.4. The summed E-state index contributed by atoms with van der Waals surface area (Å²) in [6, 6.07) is 0. The summed E-state index contributed by atoms with van der Waals surface area (Å²) >= 11 is 0. The number of aliphatic hydroxyl groups is 1. The Balaban J connectivity index is 2.98. The minimum absolute atomic E-state index is 0.272. The van der Waals surface area contributed by atoms with Gasteiger partial charge >= 0.3 is 0 Å². The van der Waals surface area contributed by atoms with Crippen molar-refractivity contribution in [3.8, 4) is 0 Å². The fourth-order valence-corrected chi connectivity index (χ4v) is 3.58. The van der Waals surface area contributed by atoms with Crippen molar-refractivity contribution in [1.29, 1.82) is 0 Å². The van der Waals surface area contributed by atoms with Crippen LogP contribution in [-0.2, 0) is 0 Å². The highest BCUT2D eigenvalue weighted by Gasteiger charge is 2.00. The standard InChI is InChI=1S/C23H49NO/c1-2-3-4-5-6-7-8-9-10-11-12-13-14-15-16-17-18-19-20-21-23(25)22-24/h23,25H,2-22,24H2,1H3. The summed E-state index contributed by atoms with van der Waals surface area (Å²) in [6.45, 7) is 2.71. The highest BCUT2D eigenvalue weighted by molar-refractivity contribution is 4.56. The molecule has 0 saturated carbocycles. The lowest BCUT2D eigenvalue weighted by Gasteiger charge is -2.06. The normalized spacial score (nSPS) is 12.6. The molecule has 2 heteroatoms. The zero-order valence-electron chi connectivity index (χ0n) is 17.5. The fraction of sp³-hybridized carbons (Fsp3) is 1.00. The van der Waals surface area contributed by atoms with Crippen LogP contribution in [0, 0.1) is 0 Å². The first kappa shape index (κ1) is 24.9. The van der Waals surface area contributed by atoms with Crippen LogP contribution in [-0.4, -0.2) is 17.8 Å². The molecule has 0 aliphatic rings. The van der Waals surface area contributed by atoms with Gasteiger partial charge in [-0.2, -0.15) is 0 Å². The predicted octanol–water partition coefficient (Wildman–Crippen LogP) is 7.13. The number of unbranched alkanes of at least 4 members (excludes halogenated alkanes) is 18. The van der Waals surface area contributed by atoms with Crippen LogP contribution in [0.3, 0.4) is 0 Å². The third kappa shape index (κ3) is 21.9. The number of rotatable bonds is 21. The minimum atomic E-state index is -0.272. The van der Waals surface area contributed by atoms with Crippen LogP contribution >= 0.6 is 0 Å². The second-order valence-corrected chi connectivity index (χ2v) is 8.04. The molecule has 0 aromatic heterocycles. The summed E-state index contributed by atoms with van der Waals surface area (Å²) in [4.78, 5) is 0. The molecule has 0 bridgehead atoms. The van der Waals surface area contributed by atoms with Crippen molar-refractivity contribution in [3.05, 3.63) is 0 Å². The molecule has 0 aromatic rings. The summed E-state index contributed by atoms with van der Waals surface area (Å²) in [5.41, 5.74) is 5.40. The lowest BCUT2D eigenvalue weighted by molar-refractivity contribution is 0.168. The molecule has 0 spiro atoms. The predicted molar refractivity (Wildman–Crippen MR) is 113 cm³/mol. The van der Waals surface area contributed by atoms with Crippen LogP contribution < -0.4 is 5.73 Å². The molecule has 25 heavy (non-hydrogen) atoms. The van der Waals surface area contributed by atoms with Gasteiger partial charge in [-0.3, -0.25) is 0 Å². The number of nitrogens with two attached hydrogens (primary N) is 1.